The molecule has 0 atom stereocenters. The fourth-order valence-electron chi connectivity index (χ4n) is 2.67. The number of anilines is 1. The van der Waals surface area contributed by atoms with Crippen molar-refractivity contribution in [3.05, 3.63) is 65.5 Å². The number of nitrogens with zero attached hydrogens (tertiary/aromatic N) is 3. The lowest BCUT2D eigenvalue weighted by molar-refractivity contribution is 1.27. The average Bonchev–Trinajstić information content (AvgIpc) is 2.55. The van der Waals surface area contributed by atoms with Gasteiger partial charge in [-0.1, -0.05) is 29.8 Å². The normalized spacial score (nSPS) is 10.3. The Morgan fingerprint density at radius 3 is 2.57 bits per heavy atom. The van der Waals surface area contributed by atoms with E-state index >= 15 is 0 Å². The molecule has 112 valence electrons. The summed E-state index contributed by atoms with van der Waals surface area (Å²) in [4.78, 5) is 8.55. The van der Waals surface area contributed by atoms with Crippen LogP contribution in [0.3, 0.4) is 0 Å². The Balaban J connectivity index is 2.25. The maximum absolute atomic E-state index is 9.42. The van der Waals surface area contributed by atoms with Crippen LogP contribution in [0.4, 0.5) is 5.82 Å². The maximum Gasteiger partial charge on any atom is 0.142 e. The van der Waals surface area contributed by atoms with Crippen molar-refractivity contribution in [2.75, 3.05) is 5.73 Å². The molecule has 2 heterocycles. The van der Waals surface area contributed by atoms with Crippen molar-refractivity contribution in [1.82, 2.24) is 9.97 Å². The van der Waals surface area contributed by atoms with Gasteiger partial charge in [0.05, 0.1) is 5.69 Å². The first-order valence-corrected chi connectivity index (χ1v) is 7.29. The van der Waals surface area contributed by atoms with Crippen molar-refractivity contribution in [1.29, 1.82) is 5.26 Å². The van der Waals surface area contributed by atoms with Gasteiger partial charge in [0, 0.05) is 29.1 Å². The number of aromatic nitrogens is 2. The summed E-state index contributed by atoms with van der Waals surface area (Å²) < 4.78 is 0. The minimum Gasteiger partial charge on any atom is -0.383 e. The molecule has 0 aliphatic carbocycles. The zero-order chi connectivity index (χ0) is 16.4. The number of hydrogen-bond donors (Lipinski definition) is 1. The second-order valence-electron chi connectivity index (χ2n) is 5.49. The van der Waals surface area contributed by atoms with E-state index in [9.17, 15) is 5.26 Å². The first-order valence-electron chi connectivity index (χ1n) is 7.29. The molecule has 0 aliphatic rings. The summed E-state index contributed by atoms with van der Waals surface area (Å²) >= 11 is 0. The van der Waals surface area contributed by atoms with Gasteiger partial charge in [0.15, 0.2) is 0 Å². The highest BCUT2D eigenvalue weighted by Gasteiger charge is 2.14. The molecule has 0 fully saturated rings. The Kier molecular flexibility index (Phi) is 3.78. The fourth-order valence-corrected chi connectivity index (χ4v) is 2.67. The molecule has 4 nitrogen and oxygen atoms in total. The summed E-state index contributed by atoms with van der Waals surface area (Å²) in [6.45, 7) is 4.10. The third kappa shape index (κ3) is 2.77. The van der Waals surface area contributed by atoms with E-state index in [4.69, 9.17) is 5.73 Å². The van der Waals surface area contributed by atoms with Crippen LogP contribution in [-0.4, -0.2) is 9.97 Å². The van der Waals surface area contributed by atoms with Crippen LogP contribution in [0.2, 0.25) is 0 Å². The van der Waals surface area contributed by atoms with E-state index in [1.807, 2.05) is 37.3 Å². The molecule has 0 unspecified atom stereocenters. The average molecular weight is 300 g/mol. The lowest BCUT2D eigenvalue weighted by atomic mass is 9.97. The Hall–Kier alpha value is -3.19. The van der Waals surface area contributed by atoms with Crippen LogP contribution in [0.25, 0.3) is 22.4 Å². The van der Waals surface area contributed by atoms with Crippen LogP contribution >= 0.6 is 0 Å². The maximum atomic E-state index is 9.42. The Morgan fingerprint density at radius 1 is 1.09 bits per heavy atom. The van der Waals surface area contributed by atoms with Crippen molar-refractivity contribution >= 4 is 5.82 Å². The molecule has 2 aromatic heterocycles. The molecule has 0 amide bonds. The largest absolute Gasteiger partial charge is 0.383 e. The summed E-state index contributed by atoms with van der Waals surface area (Å²) in [5.74, 6) is 0.240. The van der Waals surface area contributed by atoms with Gasteiger partial charge in [-0.2, -0.15) is 5.26 Å². The molecule has 1 aromatic carbocycles. The van der Waals surface area contributed by atoms with E-state index in [2.05, 4.69) is 29.0 Å². The summed E-state index contributed by atoms with van der Waals surface area (Å²) in [6.07, 6.45) is 3.42. The van der Waals surface area contributed by atoms with Crippen molar-refractivity contribution in [2.24, 2.45) is 0 Å². The molecular weight excluding hydrogens is 284 g/mol. The van der Waals surface area contributed by atoms with Crippen LogP contribution in [-0.2, 0) is 0 Å². The van der Waals surface area contributed by atoms with Crippen LogP contribution in [0.1, 0.15) is 16.7 Å². The molecule has 0 saturated carbocycles. The molecule has 0 spiro atoms. The van der Waals surface area contributed by atoms with Gasteiger partial charge in [0.1, 0.15) is 17.5 Å². The quantitative estimate of drug-likeness (QED) is 0.779. The Labute approximate surface area is 135 Å². The van der Waals surface area contributed by atoms with Gasteiger partial charge < -0.3 is 5.73 Å². The molecule has 2 N–H and O–H groups in total. The van der Waals surface area contributed by atoms with E-state index in [-0.39, 0.29) is 5.82 Å². The van der Waals surface area contributed by atoms with Gasteiger partial charge in [0.25, 0.3) is 0 Å². The van der Waals surface area contributed by atoms with E-state index in [1.54, 1.807) is 12.4 Å². The van der Waals surface area contributed by atoms with Gasteiger partial charge >= 0.3 is 0 Å². The van der Waals surface area contributed by atoms with Crippen LogP contribution in [0.5, 0.6) is 0 Å². The van der Waals surface area contributed by atoms with Gasteiger partial charge in [-0.25, -0.2) is 4.98 Å². The Morgan fingerprint density at radius 2 is 1.91 bits per heavy atom. The highest BCUT2D eigenvalue weighted by atomic mass is 14.8. The van der Waals surface area contributed by atoms with E-state index in [1.165, 1.54) is 5.56 Å². The highest BCUT2D eigenvalue weighted by Crippen LogP contribution is 2.32. The number of nitrogen functional groups attached to an aromatic ring is 1. The standard InChI is InChI=1S/C19H16N4/c1-12-5-6-15(13(2)8-12)18-9-16(14-4-3-7-22-11-14)17(10-20)19(21)23-18/h3-9,11H,1-2H3,(H2,21,23). The van der Waals surface area contributed by atoms with Crippen LogP contribution < -0.4 is 5.73 Å². The summed E-state index contributed by atoms with van der Waals surface area (Å²) in [6, 6.07) is 14.0. The van der Waals surface area contributed by atoms with E-state index in [0.29, 0.717) is 5.56 Å². The molecule has 0 bridgehead atoms. The minimum atomic E-state index is 0.240. The lowest BCUT2D eigenvalue weighted by Gasteiger charge is -2.12. The third-order valence-electron chi connectivity index (χ3n) is 3.79. The van der Waals surface area contributed by atoms with Crippen molar-refractivity contribution in [3.8, 4) is 28.5 Å². The number of hydrogen-bond acceptors (Lipinski definition) is 4. The van der Waals surface area contributed by atoms with Gasteiger partial charge in [-0.15, -0.1) is 0 Å². The molecule has 0 aliphatic heterocycles. The molecular formula is C19H16N4. The topological polar surface area (TPSA) is 75.6 Å². The van der Waals surface area contributed by atoms with Gasteiger partial charge in [-0.3, -0.25) is 4.98 Å². The van der Waals surface area contributed by atoms with Gasteiger partial charge in [-0.05, 0) is 31.5 Å². The first-order chi connectivity index (χ1) is 11.1. The summed E-state index contributed by atoms with van der Waals surface area (Å²) in [5.41, 5.74) is 12.1. The van der Waals surface area contributed by atoms with E-state index in [0.717, 1.165) is 27.9 Å². The van der Waals surface area contributed by atoms with Gasteiger partial charge in [0.2, 0.25) is 0 Å². The Bertz CT molecular complexity index is 909. The zero-order valence-corrected chi connectivity index (χ0v) is 13.0. The van der Waals surface area contributed by atoms with Crippen LogP contribution in [0, 0.1) is 25.2 Å². The second kappa shape index (κ2) is 5.90. The van der Waals surface area contributed by atoms with E-state index < -0.39 is 0 Å². The van der Waals surface area contributed by atoms with Crippen molar-refractivity contribution in [3.63, 3.8) is 0 Å². The van der Waals surface area contributed by atoms with Crippen molar-refractivity contribution in [2.45, 2.75) is 13.8 Å². The number of rotatable bonds is 2. The minimum absolute atomic E-state index is 0.240. The van der Waals surface area contributed by atoms with Crippen molar-refractivity contribution < 1.29 is 0 Å². The number of benzene rings is 1. The monoisotopic (exact) mass is 300 g/mol. The second-order valence-corrected chi connectivity index (χ2v) is 5.49. The lowest BCUT2D eigenvalue weighted by Crippen LogP contribution is -2.00. The molecule has 3 aromatic rings. The summed E-state index contributed by atoms with van der Waals surface area (Å²) in [7, 11) is 0. The predicted octanol–water partition coefficient (Wildman–Crippen LogP) is 3.88. The summed E-state index contributed by atoms with van der Waals surface area (Å²) in [5, 5.41) is 9.42. The third-order valence-corrected chi connectivity index (χ3v) is 3.79. The number of nitrogens with two attached hydrogens (primary N) is 1. The molecule has 23 heavy (non-hydrogen) atoms. The fraction of sp³-hybridized carbons (Fsp3) is 0.105. The van der Waals surface area contributed by atoms with Crippen LogP contribution in [0.15, 0.2) is 48.8 Å². The molecule has 0 radical (unpaired) electrons. The number of aryl methyl sites for hydroxylation is 2. The molecule has 4 heteroatoms. The zero-order valence-electron chi connectivity index (χ0n) is 13.0. The molecule has 3 rings (SSSR count). The predicted molar refractivity (Wildman–Crippen MR) is 91.5 cm³/mol. The SMILES string of the molecule is Cc1ccc(-c2cc(-c3cccnc3)c(C#N)c(N)n2)c(C)c1. The number of pyridine rings is 2. The molecule has 0 saturated heterocycles. The number of nitriles is 1. The first kappa shape index (κ1) is 14.7. The highest BCUT2D eigenvalue weighted by molar-refractivity contribution is 5.80. The smallest absolute Gasteiger partial charge is 0.142 e.